The van der Waals surface area contributed by atoms with Gasteiger partial charge >= 0.3 is 0 Å². The third-order valence-electron chi connectivity index (χ3n) is 6.18. The fourth-order valence-corrected chi connectivity index (χ4v) is 5.72. The second-order valence-electron chi connectivity index (χ2n) is 7.29. The van der Waals surface area contributed by atoms with E-state index in [9.17, 15) is 5.11 Å². The molecule has 4 bridgehead atoms. The average Bonchev–Trinajstić information content (AvgIpc) is 2.27. The summed E-state index contributed by atoms with van der Waals surface area (Å²) in [6.07, 6.45) is 8.24. The van der Waals surface area contributed by atoms with Crippen molar-refractivity contribution in [2.24, 2.45) is 40.7 Å². The van der Waals surface area contributed by atoms with Crippen molar-refractivity contribution >= 4 is 0 Å². The van der Waals surface area contributed by atoms with E-state index in [4.69, 9.17) is 5.73 Å². The summed E-state index contributed by atoms with van der Waals surface area (Å²) in [5, 5.41) is 9.33. The molecule has 0 aromatic rings. The molecule has 1 unspecified atom stereocenters. The van der Waals surface area contributed by atoms with Crippen molar-refractivity contribution in [2.75, 3.05) is 13.2 Å². The molecule has 0 aromatic heterocycles. The topological polar surface area (TPSA) is 46.2 Å². The molecule has 4 fully saturated rings. The predicted octanol–water partition coefficient (Wildman–Crippen LogP) is 2.41. The van der Waals surface area contributed by atoms with Crippen LogP contribution in [0.15, 0.2) is 0 Å². The molecule has 0 amide bonds. The first-order valence-electron chi connectivity index (χ1n) is 7.47. The van der Waals surface area contributed by atoms with Crippen molar-refractivity contribution in [3.05, 3.63) is 0 Å². The summed E-state index contributed by atoms with van der Waals surface area (Å²) in [5.74, 6) is 4.71. The van der Waals surface area contributed by atoms with Gasteiger partial charge in [-0.25, -0.2) is 0 Å². The average molecular weight is 237 g/mol. The molecule has 2 heteroatoms. The zero-order chi connectivity index (χ0) is 12.0. The lowest BCUT2D eigenvalue weighted by Crippen LogP contribution is -2.53. The van der Waals surface area contributed by atoms with Gasteiger partial charge in [-0.05, 0) is 80.1 Å². The molecule has 0 heterocycles. The first-order chi connectivity index (χ1) is 8.16. The molecule has 17 heavy (non-hydrogen) atoms. The standard InChI is InChI=1S/C15H27NO/c1-15(9-16,2-3-17)14-12-5-10-4-11(7-12)8-13(14)6-10/h10-14,17H,2-9,16H2,1H3. The van der Waals surface area contributed by atoms with Gasteiger partial charge in [0.05, 0.1) is 0 Å². The Balaban J connectivity index is 1.83. The van der Waals surface area contributed by atoms with Crippen LogP contribution in [-0.4, -0.2) is 18.3 Å². The molecule has 0 radical (unpaired) electrons. The van der Waals surface area contributed by atoms with Gasteiger partial charge < -0.3 is 10.8 Å². The fraction of sp³-hybridized carbons (Fsp3) is 1.00. The molecule has 2 nitrogen and oxygen atoms in total. The summed E-state index contributed by atoms with van der Waals surface area (Å²) in [7, 11) is 0. The van der Waals surface area contributed by atoms with Gasteiger partial charge in [-0.2, -0.15) is 0 Å². The molecule has 0 aliphatic heterocycles. The van der Waals surface area contributed by atoms with Crippen LogP contribution < -0.4 is 5.73 Å². The van der Waals surface area contributed by atoms with E-state index >= 15 is 0 Å². The summed E-state index contributed by atoms with van der Waals surface area (Å²) < 4.78 is 0. The summed E-state index contributed by atoms with van der Waals surface area (Å²) in [6.45, 7) is 3.38. The lowest BCUT2D eigenvalue weighted by molar-refractivity contribution is -0.0943. The third-order valence-corrected chi connectivity index (χ3v) is 6.18. The second-order valence-corrected chi connectivity index (χ2v) is 7.29. The summed E-state index contributed by atoms with van der Waals surface area (Å²) >= 11 is 0. The van der Waals surface area contributed by atoms with E-state index < -0.39 is 0 Å². The first kappa shape index (κ1) is 12.0. The molecule has 4 rings (SSSR count). The Morgan fingerprint density at radius 3 is 2.00 bits per heavy atom. The van der Waals surface area contributed by atoms with E-state index in [1.165, 1.54) is 32.1 Å². The Hall–Kier alpha value is -0.0800. The highest BCUT2D eigenvalue weighted by Crippen LogP contribution is 2.61. The maximum absolute atomic E-state index is 9.33. The summed E-state index contributed by atoms with van der Waals surface area (Å²) in [4.78, 5) is 0. The zero-order valence-electron chi connectivity index (χ0n) is 11.1. The maximum Gasteiger partial charge on any atom is 0.0436 e. The minimum Gasteiger partial charge on any atom is -0.396 e. The quantitative estimate of drug-likeness (QED) is 0.788. The number of rotatable bonds is 4. The van der Waals surface area contributed by atoms with Gasteiger partial charge in [-0.3, -0.25) is 0 Å². The molecule has 3 N–H and O–H groups in total. The van der Waals surface area contributed by atoms with Crippen molar-refractivity contribution in [1.29, 1.82) is 0 Å². The second kappa shape index (κ2) is 4.24. The van der Waals surface area contributed by atoms with Crippen LogP contribution in [0.3, 0.4) is 0 Å². The first-order valence-corrected chi connectivity index (χ1v) is 7.47. The molecular weight excluding hydrogens is 210 g/mol. The van der Waals surface area contributed by atoms with E-state index in [1.54, 1.807) is 0 Å². The van der Waals surface area contributed by atoms with Crippen molar-refractivity contribution in [1.82, 2.24) is 0 Å². The molecule has 1 atom stereocenters. The van der Waals surface area contributed by atoms with Crippen molar-refractivity contribution in [3.63, 3.8) is 0 Å². The molecule has 0 spiro atoms. The van der Waals surface area contributed by atoms with Crippen LogP contribution in [0.1, 0.15) is 45.4 Å². The largest absolute Gasteiger partial charge is 0.396 e. The smallest absolute Gasteiger partial charge is 0.0436 e. The lowest BCUT2D eigenvalue weighted by atomic mass is 9.46. The van der Waals surface area contributed by atoms with E-state index in [-0.39, 0.29) is 5.41 Å². The van der Waals surface area contributed by atoms with Crippen LogP contribution in [0, 0.1) is 35.0 Å². The molecule has 0 aromatic carbocycles. The van der Waals surface area contributed by atoms with Gasteiger partial charge in [-0.1, -0.05) is 6.92 Å². The molecule has 98 valence electrons. The highest BCUT2D eigenvalue weighted by atomic mass is 16.3. The van der Waals surface area contributed by atoms with Gasteiger partial charge in [0, 0.05) is 6.61 Å². The Bertz CT molecular complexity index is 263. The van der Waals surface area contributed by atoms with E-state index in [2.05, 4.69) is 6.92 Å². The van der Waals surface area contributed by atoms with Gasteiger partial charge in [-0.15, -0.1) is 0 Å². The van der Waals surface area contributed by atoms with Gasteiger partial charge in [0.15, 0.2) is 0 Å². The summed E-state index contributed by atoms with van der Waals surface area (Å²) in [5.41, 5.74) is 6.25. The molecule has 0 saturated heterocycles. The van der Waals surface area contributed by atoms with Crippen LogP contribution in [-0.2, 0) is 0 Å². The van der Waals surface area contributed by atoms with Crippen molar-refractivity contribution < 1.29 is 5.11 Å². The highest BCUT2D eigenvalue weighted by Gasteiger charge is 2.53. The van der Waals surface area contributed by atoms with Gasteiger partial charge in [0.1, 0.15) is 0 Å². The van der Waals surface area contributed by atoms with Crippen LogP contribution in [0.4, 0.5) is 0 Å². The fourth-order valence-electron chi connectivity index (χ4n) is 5.72. The number of aliphatic hydroxyl groups excluding tert-OH is 1. The van der Waals surface area contributed by atoms with Crippen LogP contribution in [0.5, 0.6) is 0 Å². The Labute approximate surface area is 105 Å². The Kier molecular flexibility index (Phi) is 2.99. The Morgan fingerprint density at radius 2 is 1.59 bits per heavy atom. The van der Waals surface area contributed by atoms with Gasteiger partial charge in [0.2, 0.25) is 0 Å². The van der Waals surface area contributed by atoms with Crippen molar-refractivity contribution in [2.45, 2.75) is 45.4 Å². The number of nitrogens with two attached hydrogens (primary N) is 1. The minimum absolute atomic E-state index is 0.192. The third kappa shape index (κ3) is 1.84. The SMILES string of the molecule is CC(CN)(CCO)C1C2CC3CC(C2)CC1C3. The normalized spacial score (nSPS) is 47.1. The number of aliphatic hydroxyl groups is 1. The molecule has 4 aliphatic rings. The maximum atomic E-state index is 9.33. The molecular formula is C15H27NO. The highest BCUT2D eigenvalue weighted by molar-refractivity contribution is 5.03. The molecule has 4 aliphatic carbocycles. The van der Waals surface area contributed by atoms with Crippen LogP contribution in [0.2, 0.25) is 0 Å². The number of hydrogen-bond donors (Lipinski definition) is 2. The van der Waals surface area contributed by atoms with E-state index in [1.807, 2.05) is 0 Å². The molecule has 4 saturated carbocycles. The van der Waals surface area contributed by atoms with Crippen LogP contribution in [0.25, 0.3) is 0 Å². The minimum atomic E-state index is 0.192. The van der Waals surface area contributed by atoms with Crippen LogP contribution >= 0.6 is 0 Å². The Morgan fingerprint density at radius 1 is 1.06 bits per heavy atom. The zero-order valence-corrected chi connectivity index (χ0v) is 11.1. The monoisotopic (exact) mass is 237 g/mol. The van der Waals surface area contributed by atoms with Crippen molar-refractivity contribution in [3.8, 4) is 0 Å². The van der Waals surface area contributed by atoms with E-state index in [0.717, 1.165) is 42.6 Å². The predicted molar refractivity (Wildman–Crippen MR) is 69.4 cm³/mol. The van der Waals surface area contributed by atoms with E-state index in [0.29, 0.717) is 6.61 Å². The lowest BCUT2D eigenvalue weighted by Gasteiger charge is -2.59. The summed E-state index contributed by atoms with van der Waals surface area (Å²) in [6, 6.07) is 0. The number of hydrogen-bond acceptors (Lipinski definition) is 2. The van der Waals surface area contributed by atoms with Gasteiger partial charge in [0.25, 0.3) is 0 Å².